The Morgan fingerprint density at radius 1 is 1.38 bits per heavy atom. The van der Waals surface area contributed by atoms with Crippen LogP contribution in [0.3, 0.4) is 0 Å². The first-order valence-electron chi connectivity index (χ1n) is 7.88. The molecule has 26 heavy (non-hydrogen) atoms. The van der Waals surface area contributed by atoms with Crippen LogP contribution in [0.5, 0.6) is 5.75 Å². The van der Waals surface area contributed by atoms with Gasteiger partial charge in [-0.3, -0.25) is 25.0 Å². The van der Waals surface area contributed by atoms with Crippen molar-refractivity contribution in [3.8, 4) is 5.75 Å². The molecule has 1 aromatic heterocycles. The molecular weight excluding hydrogens is 360 g/mol. The van der Waals surface area contributed by atoms with Crippen LogP contribution in [0, 0.1) is 10.1 Å². The second kappa shape index (κ2) is 8.90. The molecule has 0 atom stereocenters. The summed E-state index contributed by atoms with van der Waals surface area (Å²) in [5, 5.41) is 16.3. The van der Waals surface area contributed by atoms with E-state index in [9.17, 15) is 19.7 Å². The Labute approximate surface area is 153 Å². The van der Waals surface area contributed by atoms with Gasteiger partial charge in [-0.25, -0.2) is 4.98 Å². The SMILES string of the molecule is CCCCNc1ccc(OC(C)=O)c(C(=O)Nc2ncc([N+](=O)[O-])s2)c1. The van der Waals surface area contributed by atoms with Gasteiger partial charge in [-0.05, 0) is 36.0 Å². The number of aromatic nitrogens is 1. The minimum Gasteiger partial charge on any atom is -0.426 e. The van der Waals surface area contributed by atoms with Crippen LogP contribution in [-0.4, -0.2) is 28.3 Å². The molecule has 1 heterocycles. The molecule has 1 aromatic carbocycles. The standard InChI is InChI=1S/C16H18N4O5S/c1-3-4-7-17-11-5-6-13(25-10(2)21)12(8-11)15(22)19-16-18-9-14(26-16)20(23)24/h5-6,8-9,17H,3-4,7H2,1-2H3,(H,18,19,22). The number of benzene rings is 1. The van der Waals surface area contributed by atoms with Crippen molar-refractivity contribution >= 4 is 39.0 Å². The van der Waals surface area contributed by atoms with Crippen LogP contribution in [0.25, 0.3) is 0 Å². The maximum Gasteiger partial charge on any atom is 0.345 e. The van der Waals surface area contributed by atoms with Crippen molar-refractivity contribution in [2.45, 2.75) is 26.7 Å². The molecule has 0 radical (unpaired) electrons. The molecule has 0 saturated heterocycles. The van der Waals surface area contributed by atoms with E-state index in [0.717, 1.165) is 36.9 Å². The number of amides is 1. The molecule has 0 bridgehead atoms. The maximum atomic E-state index is 12.5. The minimum absolute atomic E-state index is 0.0832. The predicted octanol–water partition coefficient (Wildman–Crippen LogP) is 3.44. The molecule has 0 aliphatic rings. The largest absolute Gasteiger partial charge is 0.426 e. The molecular formula is C16H18N4O5S. The number of unbranched alkanes of at least 4 members (excludes halogenated alkanes) is 1. The van der Waals surface area contributed by atoms with Gasteiger partial charge < -0.3 is 10.1 Å². The number of hydrogen-bond acceptors (Lipinski definition) is 8. The Bertz CT molecular complexity index is 821. The van der Waals surface area contributed by atoms with E-state index in [2.05, 4.69) is 22.5 Å². The van der Waals surface area contributed by atoms with Crippen LogP contribution < -0.4 is 15.4 Å². The normalized spacial score (nSPS) is 10.2. The van der Waals surface area contributed by atoms with Crippen molar-refractivity contribution in [1.82, 2.24) is 4.98 Å². The zero-order chi connectivity index (χ0) is 19.1. The lowest BCUT2D eigenvalue weighted by Crippen LogP contribution is -2.15. The molecule has 2 aromatic rings. The summed E-state index contributed by atoms with van der Waals surface area (Å²) in [6.45, 7) is 4.04. The monoisotopic (exact) mass is 378 g/mol. The summed E-state index contributed by atoms with van der Waals surface area (Å²) in [5.74, 6) is -1.04. The Hall–Kier alpha value is -3.01. The number of nitro groups is 1. The first kappa shape index (κ1) is 19.3. The molecule has 0 unspecified atom stereocenters. The lowest BCUT2D eigenvalue weighted by atomic mass is 10.1. The number of carbonyl (C=O) groups excluding carboxylic acids is 2. The highest BCUT2D eigenvalue weighted by Gasteiger charge is 2.18. The molecule has 0 fully saturated rings. The topological polar surface area (TPSA) is 123 Å². The number of carbonyl (C=O) groups is 2. The second-order valence-electron chi connectivity index (χ2n) is 5.30. The van der Waals surface area contributed by atoms with E-state index in [4.69, 9.17) is 4.74 Å². The van der Waals surface area contributed by atoms with Gasteiger partial charge in [-0.2, -0.15) is 0 Å². The minimum atomic E-state index is -0.587. The van der Waals surface area contributed by atoms with Crippen LogP contribution in [0.2, 0.25) is 0 Å². The van der Waals surface area contributed by atoms with Crippen molar-refractivity contribution in [1.29, 1.82) is 0 Å². The first-order valence-corrected chi connectivity index (χ1v) is 8.70. The fourth-order valence-electron chi connectivity index (χ4n) is 2.04. The molecule has 0 spiro atoms. The van der Waals surface area contributed by atoms with Gasteiger partial charge in [0.25, 0.3) is 5.91 Å². The number of hydrogen-bond donors (Lipinski definition) is 2. The molecule has 2 N–H and O–H groups in total. The van der Waals surface area contributed by atoms with Gasteiger partial charge in [0.05, 0.1) is 10.5 Å². The lowest BCUT2D eigenvalue weighted by Gasteiger charge is -2.12. The van der Waals surface area contributed by atoms with Crippen LogP contribution in [0.1, 0.15) is 37.0 Å². The molecule has 0 aliphatic carbocycles. The summed E-state index contributed by atoms with van der Waals surface area (Å²) in [6, 6.07) is 4.79. The van der Waals surface area contributed by atoms with E-state index in [1.165, 1.54) is 13.0 Å². The average molecular weight is 378 g/mol. The van der Waals surface area contributed by atoms with E-state index in [1.54, 1.807) is 12.1 Å². The third-order valence-electron chi connectivity index (χ3n) is 3.23. The van der Waals surface area contributed by atoms with Gasteiger partial charge in [0, 0.05) is 19.2 Å². The van der Waals surface area contributed by atoms with E-state index in [0.29, 0.717) is 5.69 Å². The smallest absolute Gasteiger partial charge is 0.345 e. The molecule has 138 valence electrons. The summed E-state index contributed by atoms with van der Waals surface area (Å²) in [6.07, 6.45) is 3.06. The lowest BCUT2D eigenvalue weighted by molar-refractivity contribution is -0.380. The summed E-state index contributed by atoms with van der Waals surface area (Å²) < 4.78 is 5.08. The Morgan fingerprint density at radius 3 is 2.77 bits per heavy atom. The van der Waals surface area contributed by atoms with Gasteiger partial charge in [0.15, 0.2) is 5.13 Å². The van der Waals surface area contributed by atoms with E-state index < -0.39 is 16.8 Å². The number of ether oxygens (including phenoxy) is 1. The number of thiazole rings is 1. The molecule has 0 aliphatic heterocycles. The average Bonchev–Trinajstić information content (AvgIpc) is 3.04. The summed E-state index contributed by atoms with van der Waals surface area (Å²) in [5.41, 5.74) is 0.823. The molecule has 9 nitrogen and oxygen atoms in total. The molecule has 10 heteroatoms. The quantitative estimate of drug-likeness (QED) is 0.237. The van der Waals surface area contributed by atoms with E-state index in [1.807, 2.05) is 0 Å². The van der Waals surface area contributed by atoms with E-state index in [-0.39, 0.29) is 21.4 Å². The van der Waals surface area contributed by atoms with Crippen molar-refractivity contribution in [2.24, 2.45) is 0 Å². The highest BCUT2D eigenvalue weighted by Crippen LogP contribution is 2.28. The van der Waals surface area contributed by atoms with Crippen LogP contribution in [0.4, 0.5) is 15.8 Å². The van der Waals surface area contributed by atoms with Crippen LogP contribution in [-0.2, 0) is 4.79 Å². The van der Waals surface area contributed by atoms with Crippen molar-refractivity contribution < 1.29 is 19.2 Å². The Morgan fingerprint density at radius 2 is 2.15 bits per heavy atom. The fourth-order valence-corrected chi connectivity index (χ4v) is 2.67. The van der Waals surface area contributed by atoms with Gasteiger partial charge >= 0.3 is 11.0 Å². The zero-order valence-electron chi connectivity index (χ0n) is 14.3. The second-order valence-corrected chi connectivity index (χ2v) is 6.31. The first-order chi connectivity index (χ1) is 12.4. The van der Waals surface area contributed by atoms with E-state index >= 15 is 0 Å². The third kappa shape index (κ3) is 5.24. The van der Waals surface area contributed by atoms with Crippen molar-refractivity contribution in [3.63, 3.8) is 0 Å². The van der Waals surface area contributed by atoms with Crippen molar-refractivity contribution in [2.75, 3.05) is 17.2 Å². The van der Waals surface area contributed by atoms with Crippen molar-refractivity contribution in [3.05, 3.63) is 40.1 Å². The van der Waals surface area contributed by atoms with Crippen LogP contribution in [0.15, 0.2) is 24.4 Å². The fraction of sp³-hybridized carbons (Fsp3) is 0.312. The maximum absolute atomic E-state index is 12.5. The summed E-state index contributed by atoms with van der Waals surface area (Å²) in [4.78, 5) is 37.7. The predicted molar refractivity (Wildman–Crippen MR) is 97.9 cm³/mol. The Kier molecular flexibility index (Phi) is 6.61. The summed E-state index contributed by atoms with van der Waals surface area (Å²) >= 11 is 0.739. The van der Waals surface area contributed by atoms with Crippen LogP contribution >= 0.6 is 11.3 Å². The number of anilines is 2. The molecule has 2 rings (SSSR count). The Balaban J connectivity index is 2.23. The molecule has 0 saturated carbocycles. The number of esters is 1. The van der Waals surface area contributed by atoms with Gasteiger partial charge in [0.1, 0.15) is 11.9 Å². The van der Waals surface area contributed by atoms with Gasteiger partial charge in [-0.15, -0.1) is 0 Å². The van der Waals surface area contributed by atoms with Gasteiger partial charge in [-0.1, -0.05) is 13.3 Å². The highest BCUT2D eigenvalue weighted by molar-refractivity contribution is 7.18. The van der Waals surface area contributed by atoms with Gasteiger partial charge in [0.2, 0.25) is 0 Å². The molecule has 1 amide bonds. The summed E-state index contributed by atoms with van der Waals surface area (Å²) in [7, 11) is 0. The number of nitrogens with zero attached hydrogens (tertiary/aromatic N) is 2. The third-order valence-corrected chi connectivity index (χ3v) is 4.10. The highest BCUT2D eigenvalue weighted by atomic mass is 32.1. The zero-order valence-corrected chi connectivity index (χ0v) is 15.1. The number of nitrogens with one attached hydrogen (secondary N) is 2. The number of rotatable bonds is 8.